The topological polar surface area (TPSA) is 82.4 Å². The molecule has 1 aromatic carbocycles. The predicted molar refractivity (Wildman–Crippen MR) is 155 cm³/mol. The second-order valence-electron chi connectivity index (χ2n) is 14.4. The van der Waals surface area contributed by atoms with Crippen molar-refractivity contribution in [3.63, 3.8) is 0 Å². The normalized spacial score (nSPS) is 29.1. The van der Waals surface area contributed by atoms with Crippen molar-refractivity contribution in [3.05, 3.63) is 35.4 Å². The van der Waals surface area contributed by atoms with Crippen LogP contribution >= 0.6 is 0 Å². The minimum absolute atomic E-state index is 0.00623. The van der Waals surface area contributed by atoms with Crippen molar-refractivity contribution in [2.75, 3.05) is 13.1 Å². The summed E-state index contributed by atoms with van der Waals surface area (Å²) in [6, 6.07) is 6.95. The van der Waals surface area contributed by atoms with E-state index in [1.165, 1.54) is 0 Å². The number of amides is 1. The van der Waals surface area contributed by atoms with Gasteiger partial charge in [-0.15, -0.1) is 0 Å². The summed E-state index contributed by atoms with van der Waals surface area (Å²) < 4.78 is 5.98. The molecule has 0 unspecified atom stereocenters. The summed E-state index contributed by atoms with van der Waals surface area (Å²) in [7, 11) is 0. The van der Waals surface area contributed by atoms with Crippen LogP contribution in [0.25, 0.3) is 0 Å². The second kappa shape index (κ2) is 10.9. The Bertz CT molecular complexity index is 1060. The minimum atomic E-state index is -0.941. The molecule has 0 aromatic heterocycles. The van der Waals surface area contributed by atoms with Crippen molar-refractivity contribution in [2.24, 2.45) is 21.7 Å². The first-order valence-corrected chi connectivity index (χ1v) is 14.8. The molecule has 4 rings (SSSR count). The van der Waals surface area contributed by atoms with E-state index >= 15 is 0 Å². The number of aromatic carboxylic acids is 1. The van der Waals surface area contributed by atoms with Crippen LogP contribution in [0.4, 0.5) is 0 Å². The lowest BCUT2D eigenvalue weighted by Crippen LogP contribution is -2.54. The van der Waals surface area contributed by atoms with Crippen molar-refractivity contribution in [3.8, 4) is 0 Å². The maximum Gasteiger partial charge on any atom is 0.335 e. The fraction of sp³-hybridized carbons (Fsp3) is 0.719. The number of nitrogens with zero attached hydrogens (tertiary/aromatic N) is 3. The van der Waals surface area contributed by atoms with E-state index in [4.69, 9.17) is 9.73 Å². The molecule has 1 amide bonds. The lowest BCUT2D eigenvalue weighted by Gasteiger charge is -2.47. The highest BCUT2D eigenvalue weighted by atomic mass is 16.5. The van der Waals surface area contributed by atoms with Gasteiger partial charge in [-0.25, -0.2) is 9.79 Å². The van der Waals surface area contributed by atoms with Gasteiger partial charge in [0.15, 0.2) is 5.84 Å². The third-order valence-electron chi connectivity index (χ3n) is 8.92. The number of carboxylic acids is 1. The summed E-state index contributed by atoms with van der Waals surface area (Å²) in [5.41, 5.74) is 0.976. The third-order valence-corrected chi connectivity index (χ3v) is 8.92. The molecular formula is C32H49N3O4. The molecule has 1 aliphatic carbocycles. The van der Waals surface area contributed by atoms with Gasteiger partial charge in [0.05, 0.1) is 23.8 Å². The average molecular weight is 540 g/mol. The molecule has 2 aliphatic heterocycles. The first kappa shape index (κ1) is 29.6. The first-order chi connectivity index (χ1) is 18.1. The van der Waals surface area contributed by atoms with Crippen LogP contribution in [0.15, 0.2) is 29.3 Å². The number of morpholine rings is 1. The van der Waals surface area contributed by atoms with Crippen LogP contribution in [0.2, 0.25) is 0 Å². The molecule has 1 saturated heterocycles. The van der Waals surface area contributed by atoms with Crippen molar-refractivity contribution >= 4 is 17.7 Å². The number of hydrogen-bond donors (Lipinski definition) is 1. The number of carbonyl (C=O) groups is 2. The van der Waals surface area contributed by atoms with Gasteiger partial charge in [0.25, 0.3) is 5.91 Å². The molecule has 3 atom stereocenters. The first-order valence-electron chi connectivity index (χ1n) is 14.8. The van der Waals surface area contributed by atoms with Crippen LogP contribution in [0.1, 0.15) is 116 Å². The van der Waals surface area contributed by atoms with Gasteiger partial charge in [-0.05, 0) is 86.8 Å². The smallest absolute Gasteiger partial charge is 0.335 e. The van der Waals surface area contributed by atoms with Crippen LogP contribution in [-0.2, 0) is 9.53 Å². The minimum Gasteiger partial charge on any atom is -0.478 e. The number of rotatable bonds is 5. The highest BCUT2D eigenvalue weighted by molar-refractivity contribution is 6.39. The quantitative estimate of drug-likeness (QED) is 0.460. The number of hydrogen-bond acceptors (Lipinski definition) is 5. The van der Waals surface area contributed by atoms with E-state index < -0.39 is 11.6 Å². The zero-order chi connectivity index (χ0) is 28.8. The van der Waals surface area contributed by atoms with E-state index in [1.807, 2.05) is 12.1 Å². The fourth-order valence-electron chi connectivity index (χ4n) is 6.75. The average Bonchev–Trinajstić information content (AvgIpc) is 3.10. The van der Waals surface area contributed by atoms with Crippen LogP contribution < -0.4 is 0 Å². The Balaban J connectivity index is 1.76. The maximum absolute atomic E-state index is 14.5. The van der Waals surface area contributed by atoms with E-state index in [9.17, 15) is 14.7 Å². The van der Waals surface area contributed by atoms with Crippen LogP contribution in [0, 0.1) is 16.7 Å². The van der Waals surface area contributed by atoms with Crippen molar-refractivity contribution in [2.45, 2.75) is 118 Å². The number of benzene rings is 1. The van der Waals surface area contributed by atoms with Crippen molar-refractivity contribution in [1.82, 2.24) is 9.80 Å². The number of carboxylic acid groups (broad SMARTS) is 1. The molecule has 3 aliphatic rings. The van der Waals surface area contributed by atoms with E-state index in [0.717, 1.165) is 44.1 Å². The Morgan fingerprint density at radius 3 is 2.10 bits per heavy atom. The maximum atomic E-state index is 14.5. The molecule has 2 fully saturated rings. The van der Waals surface area contributed by atoms with Gasteiger partial charge in [0.1, 0.15) is 5.66 Å². The van der Waals surface area contributed by atoms with Crippen molar-refractivity contribution < 1.29 is 19.4 Å². The summed E-state index contributed by atoms with van der Waals surface area (Å²) in [5.74, 6) is 0.231. The number of carbonyl (C=O) groups excluding carboxylic acids is 1. The molecular weight excluding hydrogens is 490 g/mol. The summed E-state index contributed by atoms with van der Waals surface area (Å²) in [4.78, 5) is 35.7. The number of amidine groups is 1. The van der Waals surface area contributed by atoms with Gasteiger partial charge in [0, 0.05) is 13.1 Å². The summed E-state index contributed by atoms with van der Waals surface area (Å²) in [6.45, 7) is 19.1. The van der Waals surface area contributed by atoms with Gasteiger partial charge in [-0.1, -0.05) is 53.7 Å². The molecule has 7 heteroatoms. The molecule has 39 heavy (non-hydrogen) atoms. The molecule has 1 aromatic rings. The lowest BCUT2D eigenvalue weighted by atomic mass is 9.69. The van der Waals surface area contributed by atoms with Gasteiger partial charge in [-0.3, -0.25) is 4.79 Å². The fourth-order valence-corrected chi connectivity index (χ4v) is 6.75. The monoisotopic (exact) mass is 539 g/mol. The highest BCUT2D eigenvalue weighted by Gasteiger charge is 2.54. The van der Waals surface area contributed by atoms with Crippen LogP contribution in [0.3, 0.4) is 0 Å². The van der Waals surface area contributed by atoms with E-state index in [-0.39, 0.29) is 40.6 Å². The molecule has 216 valence electrons. The summed E-state index contributed by atoms with van der Waals surface area (Å²) in [5, 5.41) is 9.49. The Morgan fingerprint density at radius 2 is 1.62 bits per heavy atom. The summed E-state index contributed by atoms with van der Waals surface area (Å²) in [6.07, 6.45) is 5.55. The zero-order valence-corrected chi connectivity index (χ0v) is 25.3. The Labute approximate surface area is 235 Å². The van der Waals surface area contributed by atoms with Crippen molar-refractivity contribution in [1.29, 1.82) is 0 Å². The largest absolute Gasteiger partial charge is 0.478 e. The van der Waals surface area contributed by atoms with E-state index in [0.29, 0.717) is 24.8 Å². The van der Waals surface area contributed by atoms with Gasteiger partial charge >= 0.3 is 5.97 Å². The van der Waals surface area contributed by atoms with E-state index in [1.54, 1.807) is 12.1 Å². The second-order valence-corrected chi connectivity index (χ2v) is 14.4. The molecule has 7 nitrogen and oxygen atoms in total. The van der Waals surface area contributed by atoms with Crippen LogP contribution in [-0.4, -0.2) is 63.6 Å². The Hall–Kier alpha value is -2.41. The molecule has 0 radical (unpaired) electrons. The highest BCUT2D eigenvalue weighted by Crippen LogP contribution is 2.50. The van der Waals surface area contributed by atoms with Gasteiger partial charge in [0.2, 0.25) is 0 Å². The lowest BCUT2D eigenvalue weighted by molar-refractivity contribution is -0.135. The Kier molecular flexibility index (Phi) is 8.24. The molecule has 0 bridgehead atoms. The van der Waals surface area contributed by atoms with Gasteiger partial charge in [-0.2, -0.15) is 0 Å². The number of aliphatic imine (C=N–C) groups is 1. The number of ether oxygens (including phenoxy) is 1. The third kappa shape index (κ3) is 6.50. The Morgan fingerprint density at radius 1 is 1.05 bits per heavy atom. The molecule has 1 N–H and O–H groups in total. The molecule has 2 heterocycles. The standard InChI is InChI=1S/C32H49N3O4/c1-21-19-34(20-22(2)39-21)27-28(36)35(32(33-27)17-13-25(14-18-32)31(6,7)8)26(15-16-30(3,4)5)23-9-11-24(12-10-23)29(37)38/h9-12,21-22,25-26H,13-20H2,1-8H3,(H,37,38)/t21-,22+,25?,26-,32?/m1/s1. The SMILES string of the molecule is C[C@@H]1CN(C2=NC3(CCC(C(C)(C)C)CC3)N([C@H](CCC(C)(C)C)c3ccc(C(=O)O)cc3)C2=O)C[C@H](C)O1. The van der Waals surface area contributed by atoms with Gasteiger partial charge < -0.3 is 19.6 Å². The van der Waals surface area contributed by atoms with E-state index in [2.05, 4.69) is 65.2 Å². The zero-order valence-electron chi connectivity index (χ0n) is 25.3. The molecule has 1 spiro atoms. The molecule has 1 saturated carbocycles. The summed E-state index contributed by atoms with van der Waals surface area (Å²) >= 11 is 0. The predicted octanol–water partition coefficient (Wildman–Crippen LogP) is 6.53. The van der Waals surface area contributed by atoms with Crippen LogP contribution in [0.5, 0.6) is 0 Å².